The van der Waals surface area contributed by atoms with E-state index in [0.29, 0.717) is 19.6 Å². The second-order valence-corrected chi connectivity index (χ2v) is 8.84. The van der Waals surface area contributed by atoms with Crippen molar-refractivity contribution in [3.63, 3.8) is 0 Å². The van der Waals surface area contributed by atoms with Crippen LogP contribution in [0.3, 0.4) is 0 Å². The van der Waals surface area contributed by atoms with Crippen molar-refractivity contribution in [1.29, 1.82) is 0 Å². The van der Waals surface area contributed by atoms with Crippen LogP contribution >= 0.6 is 0 Å². The van der Waals surface area contributed by atoms with E-state index in [2.05, 4.69) is 0 Å². The van der Waals surface area contributed by atoms with Crippen LogP contribution in [-0.4, -0.2) is 68.0 Å². The summed E-state index contributed by atoms with van der Waals surface area (Å²) in [6.07, 6.45) is 2.24. The molecule has 8 nitrogen and oxygen atoms in total. The number of hydrogen-bond donors (Lipinski definition) is 0. The van der Waals surface area contributed by atoms with E-state index in [1.54, 1.807) is 19.2 Å². The third-order valence-electron chi connectivity index (χ3n) is 6.55. The quantitative estimate of drug-likeness (QED) is 0.538. The predicted molar refractivity (Wildman–Crippen MR) is 133 cm³/mol. The molecule has 4 rings (SSSR count). The van der Waals surface area contributed by atoms with Gasteiger partial charge in [-0.15, -0.1) is 0 Å². The Morgan fingerprint density at radius 1 is 1.06 bits per heavy atom. The molecule has 1 saturated heterocycles. The number of piperidine rings is 1. The van der Waals surface area contributed by atoms with Crippen LogP contribution in [0.1, 0.15) is 43.4 Å². The molecule has 2 atom stereocenters. The summed E-state index contributed by atoms with van der Waals surface area (Å²) in [5.74, 6) is 1.04. The Balaban J connectivity index is 1.55. The molecular formula is C27H33N3O5. The molecule has 0 radical (unpaired) electrons. The van der Waals surface area contributed by atoms with Gasteiger partial charge in [0.05, 0.1) is 45.0 Å². The van der Waals surface area contributed by atoms with Gasteiger partial charge in [-0.25, -0.2) is 5.01 Å². The molecule has 0 aromatic heterocycles. The molecule has 2 aromatic rings. The molecule has 0 N–H and O–H groups in total. The van der Waals surface area contributed by atoms with Crippen LogP contribution in [0.2, 0.25) is 0 Å². The minimum atomic E-state index is -0.222. The van der Waals surface area contributed by atoms with Crippen LogP contribution < -0.4 is 9.47 Å². The van der Waals surface area contributed by atoms with Crippen molar-refractivity contribution >= 4 is 17.6 Å². The fourth-order valence-electron chi connectivity index (χ4n) is 4.72. The lowest BCUT2D eigenvalue weighted by molar-refractivity contribution is -0.150. The summed E-state index contributed by atoms with van der Waals surface area (Å²) >= 11 is 0. The van der Waals surface area contributed by atoms with Crippen molar-refractivity contribution in [2.75, 3.05) is 40.5 Å². The molecular weight excluding hydrogens is 446 g/mol. The third kappa shape index (κ3) is 5.82. The van der Waals surface area contributed by atoms with Gasteiger partial charge in [0, 0.05) is 18.5 Å². The molecule has 2 aromatic carbocycles. The third-order valence-corrected chi connectivity index (χ3v) is 6.55. The second-order valence-electron chi connectivity index (χ2n) is 8.84. The summed E-state index contributed by atoms with van der Waals surface area (Å²) in [6.45, 7) is 3.69. The zero-order chi connectivity index (χ0) is 24.8. The van der Waals surface area contributed by atoms with E-state index in [9.17, 15) is 9.59 Å². The lowest BCUT2D eigenvalue weighted by Crippen LogP contribution is -2.44. The Bertz CT molecular complexity index is 1070. The number of carbonyl (C=O) groups is 2. The number of benzene rings is 2. The van der Waals surface area contributed by atoms with Gasteiger partial charge in [-0.2, -0.15) is 5.10 Å². The number of methoxy groups -OCH3 is 2. The van der Waals surface area contributed by atoms with Gasteiger partial charge in [0.2, 0.25) is 0 Å². The van der Waals surface area contributed by atoms with E-state index >= 15 is 0 Å². The number of hydrazone groups is 1. The number of nitrogens with zero attached hydrogens (tertiary/aromatic N) is 3. The number of rotatable bonds is 8. The molecule has 0 spiro atoms. The Morgan fingerprint density at radius 2 is 1.83 bits per heavy atom. The van der Waals surface area contributed by atoms with E-state index in [1.807, 2.05) is 60.4 Å². The Morgan fingerprint density at radius 3 is 2.54 bits per heavy atom. The molecule has 2 aliphatic heterocycles. The Hall–Kier alpha value is -3.39. The molecule has 2 heterocycles. The standard InChI is InChI=1S/C27H33N3O5/c1-4-35-27(32)21-8-6-14-29(17-21)18-26(31)30-25(19-10-12-22(33-2)13-11-19)16-24(28-30)20-7-5-9-23(15-20)34-3/h5,7,9-13,15,21,25H,4,6,8,14,16-18H2,1-3H3. The lowest BCUT2D eigenvalue weighted by atomic mass is 9.97. The molecule has 35 heavy (non-hydrogen) atoms. The van der Waals surface area contributed by atoms with E-state index in [1.165, 1.54) is 0 Å². The first-order valence-corrected chi connectivity index (χ1v) is 12.1. The number of esters is 1. The fraction of sp³-hybridized carbons (Fsp3) is 0.444. The lowest BCUT2D eigenvalue weighted by Gasteiger charge is -2.32. The van der Waals surface area contributed by atoms with Gasteiger partial charge in [-0.05, 0) is 56.1 Å². The highest BCUT2D eigenvalue weighted by Gasteiger charge is 2.35. The van der Waals surface area contributed by atoms with Crippen molar-refractivity contribution in [2.24, 2.45) is 11.0 Å². The van der Waals surface area contributed by atoms with Crippen LogP contribution in [-0.2, 0) is 14.3 Å². The largest absolute Gasteiger partial charge is 0.497 e. The van der Waals surface area contributed by atoms with E-state index in [4.69, 9.17) is 19.3 Å². The average Bonchev–Trinajstić information content (AvgIpc) is 3.35. The van der Waals surface area contributed by atoms with Crippen LogP contribution in [0.5, 0.6) is 11.5 Å². The summed E-state index contributed by atoms with van der Waals surface area (Å²) in [6, 6.07) is 15.3. The molecule has 186 valence electrons. The summed E-state index contributed by atoms with van der Waals surface area (Å²) < 4.78 is 15.9. The zero-order valence-corrected chi connectivity index (χ0v) is 20.6. The van der Waals surface area contributed by atoms with Crippen LogP contribution in [0.25, 0.3) is 0 Å². The summed E-state index contributed by atoms with van der Waals surface area (Å²) in [5.41, 5.74) is 2.75. The van der Waals surface area contributed by atoms with E-state index in [0.717, 1.165) is 47.7 Å². The molecule has 1 fully saturated rings. The van der Waals surface area contributed by atoms with E-state index < -0.39 is 0 Å². The summed E-state index contributed by atoms with van der Waals surface area (Å²) in [4.78, 5) is 27.8. The maximum atomic E-state index is 13.5. The molecule has 1 amide bonds. The van der Waals surface area contributed by atoms with Crippen molar-refractivity contribution in [3.8, 4) is 11.5 Å². The maximum Gasteiger partial charge on any atom is 0.310 e. The van der Waals surface area contributed by atoms with Crippen LogP contribution in [0.4, 0.5) is 0 Å². The molecule has 2 aliphatic rings. The van der Waals surface area contributed by atoms with Crippen molar-refractivity contribution in [1.82, 2.24) is 9.91 Å². The number of amides is 1. The average molecular weight is 480 g/mol. The van der Waals surface area contributed by atoms with Gasteiger partial charge in [-0.3, -0.25) is 14.5 Å². The first kappa shape index (κ1) is 24.7. The normalized spacial score (nSPS) is 20.3. The van der Waals surface area contributed by atoms with Gasteiger partial charge in [0.25, 0.3) is 5.91 Å². The monoisotopic (exact) mass is 479 g/mol. The van der Waals surface area contributed by atoms with Crippen molar-refractivity contribution in [2.45, 2.75) is 32.2 Å². The number of likely N-dealkylation sites (tertiary alicyclic amines) is 1. The summed E-state index contributed by atoms with van der Waals surface area (Å²) in [7, 11) is 3.26. The van der Waals surface area contributed by atoms with Crippen molar-refractivity contribution < 1.29 is 23.8 Å². The maximum absolute atomic E-state index is 13.5. The number of carbonyl (C=O) groups excluding carboxylic acids is 2. The SMILES string of the molecule is CCOC(=O)C1CCCN(CC(=O)N2N=C(c3cccc(OC)c3)CC2c2ccc(OC)cc2)C1. The topological polar surface area (TPSA) is 80.7 Å². The van der Waals surface area contributed by atoms with Gasteiger partial charge in [0.1, 0.15) is 11.5 Å². The highest BCUT2D eigenvalue weighted by atomic mass is 16.5. The van der Waals surface area contributed by atoms with Gasteiger partial charge in [0.15, 0.2) is 0 Å². The molecule has 0 bridgehead atoms. The minimum absolute atomic E-state index is 0.0896. The van der Waals surface area contributed by atoms with Gasteiger partial charge >= 0.3 is 5.97 Å². The van der Waals surface area contributed by atoms with Crippen LogP contribution in [0.15, 0.2) is 53.6 Å². The highest BCUT2D eigenvalue weighted by Crippen LogP contribution is 2.34. The van der Waals surface area contributed by atoms with Gasteiger partial charge < -0.3 is 14.2 Å². The zero-order valence-electron chi connectivity index (χ0n) is 20.6. The fourth-order valence-corrected chi connectivity index (χ4v) is 4.72. The second kappa shape index (κ2) is 11.4. The Labute approximate surface area is 206 Å². The minimum Gasteiger partial charge on any atom is -0.497 e. The molecule has 8 heteroatoms. The number of ether oxygens (including phenoxy) is 3. The molecule has 2 unspecified atom stereocenters. The van der Waals surface area contributed by atoms with E-state index in [-0.39, 0.29) is 30.4 Å². The predicted octanol–water partition coefficient (Wildman–Crippen LogP) is 3.66. The smallest absolute Gasteiger partial charge is 0.310 e. The number of hydrogen-bond acceptors (Lipinski definition) is 7. The Kier molecular flexibility index (Phi) is 8.02. The highest BCUT2D eigenvalue weighted by molar-refractivity contribution is 6.03. The first-order valence-electron chi connectivity index (χ1n) is 12.1. The van der Waals surface area contributed by atoms with Crippen LogP contribution in [0, 0.1) is 5.92 Å². The molecule has 0 aliphatic carbocycles. The molecule has 0 saturated carbocycles. The van der Waals surface area contributed by atoms with Crippen molar-refractivity contribution in [3.05, 3.63) is 59.7 Å². The summed E-state index contributed by atoms with van der Waals surface area (Å²) in [5, 5.41) is 6.38. The first-order chi connectivity index (χ1) is 17.0. The van der Waals surface area contributed by atoms with Gasteiger partial charge in [-0.1, -0.05) is 24.3 Å².